The fourth-order valence-electron chi connectivity index (χ4n) is 0.740. The predicted molar refractivity (Wildman–Crippen MR) is 51.3 cm³/mol. The second kappa shape index (κ2) is 4.03. The van der Waals surface area contributed by atoms with Gasteiger partial charge in [0.1, 0.15) is 0 Å². The van der Waals surface area contributed by atoms with E-state index in [-0.39, 0.29) is 0 Å². The third-order valence-electron chi connectivity index (χ3n) is 1.14. The molecule has 0 aliphatic carbocycles. The first-order chi connectivity index (χ1) is 5.20. The van der Waals surface area contributed by atoms with Crippen LogP contribution in [0.3, 0.4) is 0 Å². The minimum atomic E-state index is 0.572. The first-order valence-corrected chi connectivity index (χ1v) is 4.78. The lowest BCUT2D eigenvalue weighted by atomic mass is 10.4. The van der Waals surface area contributed by atoms with Crippen molar-refractivity contribution in [1.29, 1.82) is 0 Å². The lowest BCUT2D eigenvalue weighted by molar-refractivity contribution is 1.11. The summed E-state index contributed by atoms with van der Waals surface area (Å²) in [5, 5.41) is 1.39. The highest BCUT2D eigenvalue weighted by molar-refractivity contribution is 8.00. The zero-order valence-corrected chi connectivity index (χ0v) is 8.17. The SMILES string of the molecule is CC(C)Sc1c[c]ccc1Cl. The van der Waals surface area contributed by atoms with Gasteiger partial charge in [0.25, 0.3) is 0 Å². The third-order valence-corrected chi connectivity index (χ3v) is 2.64. The zero-order valence-electron chi connectivity index (χ0n) is 6.60. The van der Waals surface area contributed by atoms with Gasteiger partial charge < -0.3 is 0 Å². The summed E-state index contributed by atoms with van der Waals surface area (Å²) in [7, 11) is 0. The Kier molecular flexibility index (Phi) is 3.28. The van der Waals surface area contributed by atoms with Gasteiger partial charge in [-0.25, -0.2) is 0 Å². The molecular formula is C9H10ClS. The van der Waals surface area contributed by atoms with Crippen LogP contribution in [0.5, 0.6) is 0 Å². The highest BCUT2D eigenvalue weighted by Crippen LogP contribution is 2.29. The van der Waals surface area contributed by atoms with Crippen molar-refractivity contribution in [2.45, 2.75) is 24.0 Å². The average molecular weight is 186 g/mol. The molecule has 1 radical (unpaired) electrons. The predicted octanol–water partition coefficient (Wildman–Crippen LogP) is 3.64. The van der Waals surface area contributed by atoms with E-state index in [1.165, 1.54) is 0 Å². The van der Waals surface area contributed by atoms with E-state index >= 15 is 0 Å². The Hall–Kier alpha value is -0.140. The molecule has 59 valence electrons. The molecule has 0 atom stereocenters. The molecule has 11 heavy (non-hydrogen) atoms. The Morgan fingerprint density at radius 3 is 2.82 bits per heavy atom. The van der Waals surface area contributed by atoms with Crippen LogP contribution in [-0.2, 0) is 0 Å². The van der Waals surface area contributed by atoms with Crippen LogP contribution in [-0.4, -0.2) is 5.25 Å². The molecule has 0 aromatic heterocycles. The van der Waals surface area contributed by atoms with Gasteiger partial charge in [-0.1, -0.05) is 31.5 Å². The van der Waals surface area contributed by atoms with Crippen LogP contribution in [0.15, 0.2) is 23.1 Å². The van der Waals surface area contributed by atoms with Crippen LogP contribution in [0, 0.1) is 6.07 Å². The van der Waals surface area contributed by atoms with Crippen LogP contribution < -0.4 is 0 Å². The van der Waals surface area contributed by atoms with Gasteiger partial charge in [0.2, 0.25) is 0 Å². The molecule has 0 aliphatic rings. The molecule has 2 heteroatoms. The fraction of sp³-hybridized carbons (Fsp3) is 0.333. The van der Waals surface area contributed by atoms with Crippen LogP contribution in [0.2, 0.25) is 5.02 Å². The molecule has 0 unspecified atom stereocenters. The molecule has 0 amide bonds. The number of benzene rings is 1. The van der Waals surface area contributed by atoms with Crippen molar-refractivity contribution in [3.05, 3.63) is 29.3 Å². The Labute approximate surface area is 77.0 Å². The lowest BCUT2D eigenvalue weighted by Crippen LogP contribution is -1.85. The van der Waals surface area contributed by atoms with E-state index in [4.69, 9.17) is 11.6 Å². The Morgan fingerprint density at radius 1 is 1.55 bits per heavy atom. The van der Waals surface area contributed by atoms with Crippen molar-refractivity contribution in [2.75, 3.05) is 0 Å². The van der Waals surface area contributed by atoms with E-state index in [2.05, 4.69) is 19.9 Å². The molecular weight excluding hydrogens is 176 g/mol. The lowest BCUT2D eigenvalue weighted by Gasteiger charge is -2.05. The summed E-state index contributed by atoms with van der Waals surface area (Å²) < 4.78 is 0. The summed E-state index contributed by atoms with van der Waals surface area (Å²) in [5.74, 6) is 0. The first-order valence-electron chi connectivity index (χ1n) is 3.52. The summed E-state index contributed by atoms with van der Waals surface area (Å²) in [6.07, 6.45) is 0. The van der Waals surface area contributed by atoms with Crippen molar-refractivity contribution in [3.8, 4) is 0 Å². The summed E-state index contributed by atoms with van der Waals surface area (Å²) in [4.78, 5) is 1.11. The molecule has 0 fully saturated rings. The smallest absolute Gasteiger partial charge is 0.0542 e. The maximum atomic E-state index is 5.93. The minimum absolute atomic E-state index is 0.572. The van der Waals surface area contributed by atoms with Crippen molar-refractivity contribution in [2.24, 2.45) is 0 Å². The summed E-state index contributed by atoms with van der Waals surface area (Å²) in [6.45, 7) is 4.29. The summed E-state index contributed by atoms with van der Waals surface area (Å²) >= 11 is 7.69. The highest BCUT2D eigenvalue weighted by atomic mass is 35.5. The number of thioether (sulfide) groups is 1. The highest BCUT2D eigenvalue weighted by Gasteiger charge is 2.01. The average Bonchev–Trinajstić information content (AvgIpc) is 1.93. The maximum absolute atomic E-state index is 5.93. The van der Waals surface area contributed by atoms with Crippen LogP contribution in [0.1, 0.15) is 13.8 Å². The van der Waals surface area contributed by atoms with E-state index in [1.807, 2.05) is 18.2 Å². The van der Waals surface area contributed by atoms with Crippen LogP contribution in [0.25, 0.3) is 0 Å². The number of rotatable bonds is 2. The molecule has 0 bridgehead atoms. The maximum Gasteiger partial charge on any atom is 0.0542 e. The van der Waals surface area contributed by atoms with E-state index in [1.54, 1.807) is 11.8 Å². The molecule has 0 heterocycles. The minimum Gasteiger partial charge on any atom is -0.122 e. The topological polar surface area (TPSA) is 0 Å². The molecule has 1 rings (SSSR count). The Morgan fingerprint density at radius 2 is 2.27 bits per heavy atom. The van der Waals surface area contributed by atoms with Gasteiger partial charge in [-0.15, -0.1) is 11.8 Å². The fourth-order valence-corrected chi connectivity index (χ4v) is 1.82. The monoisotopic (exact) mass is 185 g/mol. The largest absolute Gasteiger partial charge is 0.122 e. The standard InChI is InChI=1S/C9H10ClS/c1-7(2)11-9-6-4-3-5-8(9)10/h3,5-7H,1-2H3. The quantitative estimate of drug-likeness (QED) is 0.634. The second-order valence-electron chi connectivity index (χ2n) is 2.52. The van der Waals surface area contributed by atoms with E-state index in [0.29, 0.717) is 5.25 Å². The number of hydrogen-bond acceptors (Lipinski definition) is 1. The molecule has 1 aromatic carbocycles. The van der Waals surface area contributed by atoms with Gasteiger partial charge in [0.15, 0.2) is 0 Å². The van der Waals surface area contributed by atoms with Gasteiger partial charge in [-0.2, -0.15) is 0 Å². The van der Waals surface area contributed by atoms with Crippen LogP contribution in [0.4, 0.5) is 0 Å². The molecule has 0 spiro atoms. The van der Waals surface area contributed by atoms with Gasteiger partial charge in [-0.3, -0.25) is 0 Å². The molecule has 0 aliphatic heterocycles. The van der Waals surface area contributed by atoms with E-state index < -0.39 is 0 Å². The van der Waals surface area contributed by atoms with Crippen LogP contribution >= 0.6 is 23.4 Å². The third kappa shape index (κ3) is 2.76. The van der Waals surface area contributed by atoms with Crippen molar-refractivity contribution in [1.82, 2.24) is 0 Å². The van der Waals surface area contributed by atoms with Crippen molar-refractivity contribution < 1.29 is 0 Å². The second-order valence-corrected chi connectivity index (χ2v) is 4.55. The molecule has 0 N–H and O–H groups in total. The van der Waals surface area contributed by atoms with Gasteiger partial charge in [-0.05, 0) is 18.2 Å². The number of halogens is 1. The summed E-state index contributed by atoms with van der Waals surface area (Å²) in [6, 6.07) is 8.62. The zero-order chi connectivity index (χ0) is 8.27. The van der Waals surface area contributed by atoms with Gasteiger partial charge >= 0.3 is 0 Å². The summed E-state index contributed by atoms with van der Waals surface area (Å²) in [5.41, 5.74) is 0. The first kappa shape index (κ1) is 8.95. The van der Waals surface area contributed by atoms with Crippen molar-refractivity contribution >= 4 is 23.4 Å². The van der Waals surface area contributed by atoms with E-state index in [9.17, 15) is 0 Å². The van der Waals surface area contributed by atoms with Gasteiger partial charge in [0.05, 0.1) is 5.02 Å². The number of hydrogen-bond donors (Lipinski definition) is 0. The molecule has 0 saturated carbocycles. The van der Waals surface area contributed by atoms with Gasteiger partial charge in [0, 0.05) is 10.1 Å². The molecule has 0 saturated heterocycles. The normalized spacial score (nSPS) is 10.5. The molecule has 0 nitrogen and oxygen atoms in total. The van der Waals surface area contributed by atoms with Crippen molar-refractivity contribution in [3.63, 3.8) is 0 Å². The Balaban J connectivity index is 2.78. The Bertz CT molecular complexity index is 233. The van der Waals surface area contributed by atoms with E-state index in [0.717, 1.165) is 9.92 Å². The molecule has 1 aromatic rings.